The molecule has 0 radical (unpaired) electrons. The molecule has 0 fully saturated rings. The second-order valence-electron chi connectivity index (χ2n) is 6.31. The minimum atomic E-state index is -3.77. The summed E-state index contributed by atoms with van der Waals surface area (Å²) in [4.78, 5) is 15.6. The van der Waals surface area contributed by atoms with E-state index in [1.54, 1.807) is 24.4 Å². The third kappa shape index (κ3) is 4.64. The van der Waals surface area contributed by atoms with Gasteiger partial charge in [-0.3, -0.25) is 4.79 Å². The summed E-state index contributed by atoms with van der Waals surface area (Å²) in [5, 5.41) is 2.72. The fourth-order valence-corrected chi connectivity index (χ4v) is 3.78. The number of H-pyrrole nitrogens is 1. The van der Waals surface area contributed by atoms with Crippen LogP contribution in [-0.2, 0) is 14.8 Å². The summed E-state index contributed by atoms with van der Waals surface area (Å²) in [7, 11) is -3.77. The number of aryl methyl sites for hydroxylation is 1. The number of benzene rings is 2. The Labute approximate surface area is 158 Å². The number of aromatic nitrogens is 1. The molecule has 3 N–H and O–H groups in total. The molecule has 0 spiro atoms. The first-order valence-electron chi connectivity index (χ1n) is 8.49. The Morgan fingerprint density at radius 1 is 1.04 bits per heavy atom. The average Bonchev–Trinajstić information content (AvgIpc) is 3.11. The van der Waals surface area contributed by atoms with Gasteiger partial charge in [0.1, 0.15) is 0 Å². The van der Waals surface area contributed by atoms with E-state index in [9.17, 15) is 13.2 Å². The predicted octanol–water partition coefficient (Wildman–Crippen LogP) is 3.30. The highest BCUT2D eigenvalue weighted by molar-refractivity contribution is 7.89. The van der Waals surface area contributed by atoms with Crippen molar-refractivity contribution in [2.24, 2.45) is 0 Å². The lowest BCUT2D eigenvalue weighted by Gasteiger charge is -2.14. The Morgan fingerprint density at radius 3 is 2.37 bits per heavy atom. The second-order valence-corrected chi connectivity index (χ2v) is 8.03. The molecular weight excluding hydrogens is 362 g/mol. The maximum Gasteiger partial charge on any atom is 0.242 e. The van der Waals surface area contributed by atoms with Gasteiger partial charge in [0.05, 0.1) is 16.6 Å². The molecule has 1 heterocycles. The van der Waals surface area contributed by atoms with Crippen LogP contribution in [0, 0.1) is 6.92 Å². The van der Waals surface area contributed by atoms with Crippen LogP contribution in [0.3, 0.4) is 0 Å². The maximum atomic E-state index is 12.4. The van der Waals surface area contributed by atoms with E-state index >= 15 is 0 Å². The Hall–Kier alpha value is -2.90. The topological polar surface area (TPSA) is 91.1 Å². The highest BCUT2D eigenvalue weighted by atomic mass is 32.2. The number of anilines is 1. The molecule has 7 heteroatoms. The van der Waals surface area contributed by atoms with E-state index < -0.39 is 22.0 Å². The zero-order valence-electron chi connectivity index (χ0n) is 15.1. The van der Waals surface area contributed by atoms with Crippen molar-refractivity contribution in [3.8, 4) is 11.3 Å². The van der Waals surface area contributed by atoms with Crippen molar-refractivity contribution in [2.45, 2.75) is 24.8 Å². The molecule has 0 saturated heterocycles. The van der Waals surface area contributed by atoms with Crippen LogP contribution in [0.25, 0.3) is 11.3 Å². The molecule has 0 unspecified atom stereocenters. The molecule has 0 aliphatic rings. The van der Waals surface area contributed by atoms with Crippen molar-refractivity contribution in [2.75, 3.05) is 5.32 Å². The highest BCUT2D eigenvalue weighted by Gasteiger charge is 2.22. The van der Waals surface area contributed by atoms with E-state index in [0.29, 0.717) is 5.69 Å². The molecule has 0 bridgehead atoms. The first-order valence-corrected chi connectivity index (χ1v) is 9.97. The van der Waals surface area contributed by atoms with Gasteiger partial charge in [-0.2, -0.15) is 4.72 Å². The van der Waals surface area contributed by atoms with E-state index in [1.807, 2.05) is 37.3 Å². The number of aromatic amines is 1. The number of rotatable bonds is 6. The van der Waals surface area contributed by atoms with Crippen LogP contribution >= 0.6 is 0 Å². The number of amides is 1. The fourth-order valence-electron chi connectivity index (χ4n) is 2.57. The van der Waals surface area contributed by atoms with E-state index in [1.165, 1.54) is 19.1 Å². The molecule has 140 valence electrons. The third-order valence-electron chi connectivity index (χ3n) is 4.09. The molecule has 0 saturated carbocycles. The average molecular weight is 383 g/mol. The van der Waals surface area contributed by atoms with Crippen LogP contribution in [0.4, 0.5) is 5.69 Å². The Kier molecular flexibility index (Phi) is 5.43. The molecule has 2 aromatic carbocycles. The molecule has 27 heavy (non-hydrogen) atoms. The van der Waals surface area contributed by atoms with Crippen LogP contribution < -0.4 is 10.0 Å². The second kappa shape index (κ2) is 7.77. The lowest BCUT2D eigenvalue weighted by atomic mass is 10.1. The molecule has 1 aromatic heterocycles. The van der Waals surface area contributed by atoms with Crippen LogP contribution in [-0.4, -0.2) is 25.4 Å². The standard InChI is InChI=1S/C20H21N3O3S/c1-14-8-10-18(11-9-14)27(25,26)23-15(2)20(24)22-17-12-19(21-13-17)16-6-4-3-5-7-16/h3-13,15,21,23H,1-2H3,(H,22,24)/t15-/m0/s1. The summed E-state index contributed by atoms with van der Waals surface area (Å²) in [6.45, 7) is 3.38. The van der Waals surface area contributed by atoms with E-state index in [0.717, 1.165) is 16.8 Å². The van der Waals surface area contributed by atoms with Crippen LogP contribution in [0.15, 0.2) is 71.8 Å². The summed E-state index contributed by atoms with van der Waals surface area (Å²) in [6, 6.07) is 17.0. The summed E-state index contributed by atoms with van der Waals surface area (Å²) in [6.07, 6.45) is 1.67. The number of sulfonamides is 1. The lowest BCUT2D eigenvalue weighted by molar-refractivity contribution is -0.117. The van der Waals surface area contributed by atoms with Gasteiger partial charge in [-0.05, 0) is 37.6 Å². The summed E-state index contributed by atoms with van der Waals surface area (Å²) in [5.41, 5.74) is 3.38. The Morgan fingerprint density at radius 2 is 1.70 bits per heavy atom. The minimum absolute atomic E-state index is 0.126. The lowest BCUT2D eigenvalue weighted by Crippen LogP contribution is -2.41. The first kappa shape index (κ1) is 18.9. The van der Waals surface area contributed by atoms with Crippen LogP contribution in [0.5, 0.6) is 0 Å². The van der Waals surface area contributed by atoms with Crippen molar-refractivity contribution in [1.82, 2.24) is 9.71 Å². The van der Waals surface area contributed by atoms with E-state index in [-0.39, 0.29) is 4.90 Å². The molecule has 0 aliphatic heterocycles. The normalized spacial score (nSPS) is 12.5. The van der Waals surface area contributed by atoms with Gasteiger partial charge in [-0.1, -0.05) is 48.0 Å². The van der Waals surface area contributed by atoms with Gasteiger partial charge in [0.15, 0.2) is 0 Å². The van der Waals surface area contributed by atoms with Gasteiger partial charge in [0.2, 0.25) is 15.9 Å². The maximum absolute atomic E-state index is 12.4. The monoisotopic (exact) mass is 383 g/mol. The molecule has 1 atom stereocenters. The molecule has 0 aliphatic carbocycles. The fraction of sp³-hybridized carbons (Fsp3) is 0.150. The van der Waals surface area contributed by atoms with Crippen LogP contribution in [0.1, 0.15) is 12.5 Å². The summed E-state index contributed by atoms with van der Waals surface area (Å²) >= 11 is 0. The number of carbonyl (C=O) groups is 1. The summed E-state index contributed by atoms with van der Waals surface area (Å²) < 4.78 is 27.2. The van der Waals surface area contributed by atoms with Gasteiger partial charge in [-0.15, -0.1) is 0 Å². The van der Waals surface area contributed by atoms with Gasteiger partial charge in [0.25, 0.3) is 0 Å². The zero-order valence-corrected chi connectivity index (χ0v) is 15.9. The minimum Gasteiger partial charge on any atom is -0.359 e. The van der Waals surface area contributed by atoms with Gasteiger partial charge >= 0.3 is 0 Å². The molecular formula is C20H21N3O3S. The smallest absolute Gasteiger partial charge is 0.242 e. The van der Waals surface area contributed by atoms with Gasteiger partial charge in [0, 0.05) is 11.9 Å². The molecule has 3 aromatic rings. The van der Waals surface area contributed by atoms with Crippen molar-refractivity contribution < 1.29 is 13.2 Å². The Balaban J connectivity index is 1.66. The SMILES string of the molecule is Cc1ccc(S(=O)(=O)N[C@@H](C)C(=O)Nc2c[nH]c(-c3ccccc3)c2)cc1. The van der Waals surface area contributed by atoms with Crippen LogP contribution in [0.2, 0.25) is 0 Å². The largest absolute Gasteiger partial charge is 0.359 e. The van der Waals surface area contributed by atoms with E-state index in [4.69, 9.17) is 0 Å². The number of hydrogen-bond donors (Lipinski definition) is 3. The quantitative estimate of drug-likeness (QED) is 0.610. The number of hydrogen-bond acceptors (Lipinski definition) is 3. The highest BCUT2D eigenvalue weighted by Crippen LogP contribution is 2.21. The van der Waals surface area contributed by atoms with Crippen molar-refractivity contribution >= 4 is 21.6 Å². The molecule has 6 nitrogen and oxygen atoms in total. The van der Waals surface area contributed by atoms with Crippen molar-refractivity contribution in [3.63, 3.8) is 0 Å². The van der Waals surface area contributed by atoms with Crippen molar-refractivity contribution in [1.29, 1.82) is 0 Å². The summed E-state index contributed by atoms with van der Waals surface area (Å²) in [5.74, 6) is -0.440. The third-order valence-corrected chi connectivity index (χ3v) is 5.65. The zero-order chi connectivity index (χ0) is 19.4. The predicted molar refractivity (Wildman–Crippen MR) is 106 cm³/mol. The van der Waals surface area contributed by atoms with Gasteiger partial charge < -0.3 is 10.3 Å². The van der Waals surface area contributed by atoms with E-state index in [2.05, 4.69) is 15.0 Å². The number of nitrogens with one attached hydrogen (secondary N) is 3. The first-order chi connectivity index (χ1) is 12.8. The van der Waals surface area contributed by atoms with Gasteiger partial charge in [-0.25, -0.2) is 8.42 Å². The number of carbonyl (C=O) groups excluding carboxylic acids is 1. The molecule has 3 rings (SSSR count). The Bertz CT molecular complexity index is 1030. The van der Waals surface area contributed by atoms with Crippen molar-refractivity contribution in [3.05, 3.63) is 72.4 Å². The molecule has 1 amide bonds.